The van der Waals surface area contributed by atoms with Crippen molar-refractivity contribution in [1.82, 2.24) is 0 Å². The first-order valence-electron chi connectivity index (χ1n) is 26.2. The first-order valence-corrected chi connectivity index (χ1v) is 27.4. The molecule has 6 aliphatic rings. The van der Waals surface area contributed by atoms with E-state index in [1.165, 1.54) is 16.7 Å². The van der Waals surface area contributed by atoms with E-state index < -0.39 is 0 Å². The molecule has 77 heavy (non-hydrogen) atoms. The topological polar surface area (TPSA) is 115 Å². The van der Waals surface area contributed by atoms with Crippen molar-refractivity contribution in [3.63, 3.8) is 0 Å². The Balaban J connectivity index is 1.05. The van der Waals surface area contributed by atoms with E-state index in [9.17, 15) is 15.8 Å². The lowest BCUT2D eigenvalue weighted by Crippen LogP contribution is -2.64. The van der Waals surface area contributed by atoms with Crippen molar-refractivity contribution in [2.24, 2.45) is 0 Å². The highest BCUT2D eigenvalue weighted by Crippen LogP contribution is 2.47. The third-order valence-corrected chi connectivity index (χ3v) is 17.3. The molecule has 0 bridgehead atoms. The van der Waals surface area contributed by atoms with E-state index in [0.717, 1.165) is 89.1 Å². The average molecular weight is 1020 g/mol. The average Bonchev–Trinajstić information content (AvgIpc) is 3.59. The lowest BCUT2D eigenvalue weighted by Gasteiger charge is -2.42. The van der Waals surface area contributed by atoms with Crippen molar-refractivity contribution in [3.8, 4) is 64.2 Å². The molecule has 0 atom stereocenters. The summed E-state index contributed by atoms with van der Waals surface area (Å²) in [7, 11) is 0. The van der Waals surface area contributed by atoms with Gasteiger partial charge in [0.25, 0.3) is 20.1 Å². The molecule has 8 aromatic rings. The summed E-state index contributed by atoms with van der Waals surface area (Å²) in [6.45, 7) is 19.2. The Hall–Kier alpha value is -8.43. The minimum absolute atomic E-state index is 0.0733. The maximum Gasteiger partial charge on any atom is 0.260 e. The molecule has 6 heterocycles. The maximum atomic E-state index is 10.6. The minimum atomic E-state index is -0.387. The molecule has 0 saturated heterocycles. The normalized spacial score (nSPS) is 14.4. The highest BCUT2D eigenvalue weighted by atomic mass is 32.2. The molecule has 0 unspecified atom stereocenters. The Morgan fingerprint density at radius 2 is 0.766 bits per heavy atom. The third kappa shape index (κ3) is 6.88. The summed E-state index contributed by atoms with van der Waals surface area (Å²) >= 11 is 1.57. The van der Waals surface area contributed by atoms with Gasteiger partial charge in [0.15, 0.2) is 0 Å². The highest BCUT2D eigenvalue weighted by molar-refractivity contribution is 8.00. The van der Waals surface area contributed by atoms with E-state index in [2.05, 4.69) is 181 Å². The zero-order valence-corrected chi connectivity index (χ0v) is 45.4. The summed E-state index contributed by atoms with van der Waals surface area (Å²) in [5.41, 5.74) is 18.3. The molecular formula is C64H50B3N5O4S. The number of nitrogens with zero attached hydrogens (tertiary/aromatic N) is 5. The number of nitriles is 3. The smallest absolute Gasteiger partial charge is 0.260 e. The van der Waals surface area contributed by atoms with E-state index in [1.807, 2.05) is 36.4 Å². The van der Waals surface area contributed by atoms with E-state index in [1.54, 1.807) is 11.9 Å². The third-order valence-electron chi connectivity index (χ3n) is 16.5. The number of hydrogen-bond donors (Lipinski definition) is 0. The van der Waals surface area contributed by atoms with E-state index in [0.29, 0.717) is 51.2 Å². The van der Waals surface area contributed by atoms with Gasteiger partial charge in [0.05, 0.1) is 46.3 Å². The second-order valence-corrected chi connectivity index (χ2v) is 25.0. The second kappa shape index (κ2) is 16.1. The molecule has 13 heteroatoms. The number of anilines is 5. The second-order valence-electron chi connectivity index (χ2n) is 24.3. The molecule has 0 aromatic heterocycles. The molecule has 14 rings (SSSR count). The van der Waals surface area contributed by atoms with Crippen molar-refractivity contribution in [2.75, 3.05) is 15.5 Å². The Morgan fingerprint density at radius 1 is 0.377 bits per heavy atom. The fraction of sp³-hybridized carbons (Fsp3) is 0.203. The van der Waals surface area contributed by atoms with Crippen molar-refractivity contribution < 1.29 is 18.9 Å². The van der Waals surface area contributed by atoms with Gasteiger partial charge in [-0.3, -0.25) is 4.31 Å². The Bertz CT molecular complexity index is 4140. The molecule has 0 N–H and O–H groups in total. The van der Waals surface area contributed by atoms with Crippen LogP contribution in [0.1, 0.15) is 95.7 Å². The van der Waals surface area contributed by atoms with Crippen LogP contribution >= 0.6 is 11.9 Å². The molecule has 0 saturated carbocycles. The Kier molecular flexibility index (Phi) is 9.81. The van der Waals surface area contributed by atoms with Crippen LogP contribution in [0, 0.1) is 34.0 Å². The van der Waals surface area contributed by atoms with Crippen molar-refractivity contribution >= 4 is 110 Å². The van der Waals surface area contributed by atoms with Gasteiger partial charge < -0.3 is 23.8 Å². The zero-order valence-electron chi connectivity index (χ0n) is 44.6. The van der Waals surface area contributed by atoms with Gasteiger partial charge in [-0.05, 0) is 149 Å². The van der Waals surface area contributed by atoms with Crippen LogP contribution in [0.15, 0.2) is 121 Å². The lowest BCUT2D eigenvalue weighted by molar-refractivity contribution is 0.464. The van der Waals surface area contributed by atoms with Crippen molar-refractivity contribution in [3.05, 3.63) is 155 Å². The predicted octanol–water partition coefficient (Wildman–Crippen LogP) is 9.68. The van der Waals surface area contributed by atoms with E-state index in [-0.39, 0.29) is 36.4 Å². The van der Waals surface area contributed by atoms with Crippen LogP contribution in [-0.2, 0) is 16.2 Å². The van der Waals surface area contributed by atoms with Crippen LogP contribution < -0.4 is 77.3 Å². The van der Waals surface area contributed by atoms with Crippen molar-refractivity contribution in [1.29, 1.82) is 15.8 Å². The van der Waals surface area contributed by atoms with Gasteiger partial charge in [-0.25, -0.2) is 0 Å². The molecule has 6 aliphatic heterocycles. The van der Waals surface area contributed by atoms with Crippen molar-refractivity contribution in [2.45, 2.75) is 78.6 Å². The summed E-state index contributed by atoms with van der Waals surface area (Å²) in [5.74, 6) is 5.30. The van der Waals surface area contributed by atoms with Gasteiger partial charge in [-0.2, -0.15) is 15.8 Å². The minimum Gasteiger partial charge on any atom is -0.458 e. The van der Waals surface area contributed by atoms with Gasteiger partial charge in [-0.1, -0.05) is 111 Å². The molecular weight excluding hydrogens is 967 g/mol. The summed E-state index contributed by atoms with van der Waals surface area (Å²) in [6, 6.07) is 49.5. The van der Waals surface area contributed by atoms with Crippen LogP contribution in [0.2, 0.25) is 0 Å². The van der Waals surface area contributed by atoms with E-state index >= 15 is 0 Å². The van der Waals surface area contributed by atoms with Crippen LogP contribution in [0.3, 0.4) is 0 Å². The quantitative estimate of drug-likeness (QED) is 0.123. The number of rotatable bonds is 2. The first-order chi connectivity index (χ1) is 36.8. The predicted molar refractivity (Wildman–Crippen MR) is 313 cm³/mol. The van der Waals surface area contributed by atoms with E-state index in [4.69, 9.17) is 18.9 Å². The van der Waals surface area contributed by atoms with Crippen LogP contribution in [0.25, 0.3) is 0 Å². The number of hydrogen-bond acceptors (Lipinski definition) is 10. The molecule has 370 valence electrons. The SMILES string of the molecule is CSN1c2cc3c(cc2B2c4cc(C(C)(C)C)ccc4Oc4cc(C#N)cc1c42)B1c2cc4c(cc2Oc2cc(C#N)cc(c21)O3)N(c1ccc(C(C)(C)C)cc1)c1cc(C#N)cc2c1B4c1cc(C(C)(C)C)ccc1O2. The summed E-state index contributed by atoms with van der Waals surface area (Å²) in [4.78, 5) is 2.27. The highest BCUT2D eigenvalue weighted by Gasteiger charge is 2.49. The summed E-state index contributed by atoms with van der Waals surface area (Å²) < 4.78 is 30.1. The molecule has 0 amide bonds. The maximum absolute atomic E-state index is 10.6. The molecule has 0 fully saturated rings. The molecule has 0 aliphatic carbocycles. The lowest BCUT2D eigenvalue weighted by atomic mass is 9.30. The Labute approximate surface area is 455 Å². The first kappa shape index (κ1) is 47.1. The molecule has 9 nitrogen and oxygen atoms in total. The van der Waals surface area contributed by atoms with Crippen LogP contribution in [0.5, 0.6) is 46.0 Å². The fourth-order valence-electron chi connectivity index (χ4n) is 12.7. The summed E-state index contributed by atoms with van der Waals surface area (Å²) in [5, 5.41) is 31.5. The molecule has 0 radical (unpaired) electrons. The summed E-state index contributed by atoms with van der Waals surface area (Å²) in [6.07, 6.45) is 2.05. The monoisotopic (exact) mass is 1020 g/mol. The van der Waals surface area contributed by atoms with Gasteiger partial charge >= 0.3 is 0 Å². The molecule has 8 aromatic carbocycles. The van der Waals surface area contributed by atoms with Crippen LogP contribution in [0.4, 0.5) is 28.4 Å². The van der Waals surface area contributed by atoms with Gasteiger partial charge in [0, 0.05) is 40.9 Å². The van der Waals surface area contributed by atoms with Gasteiger partial charge in [-0.15, -0.1) is 0 Å². The van der Waals surface area contributed by atoms with Gasteiger partial charge in [0.2, 0.25) is 0 Å². The van der Waals surface area contributed by atoms with Crippen LogP contribution in [-0.4, -0.2) is 26.4 Å². The van der Waals surface area contributed by atoms with Gasteiger partial charge in [0.1, 0.15) is 46.0 Å². The number of ether oxygens (including phenoxy) is 4. The number of fused-ring (bicyclic) bond motifs is 12. The standard InChI is InChI=1S/C64H50B3N5O4S/c1-62(2,3)37-11-15-40(16-12-37)71-47-29-53-45(27-41(47)65-43-25-38(63(4,5)6)13-17-51(43)73-55-21-34(31-68)19-49(71)59(55)65)67-46-28-42-48(30-54(46)76-58-24-36(33-70)23-57(75-53)61(58)67)72(77-10)50-20-35(32-69)22-56-60(50)66(42)44-26-39(64(7,8)9)14-18-52(44)74-56/h11-30H,1-10H3. The zero-order chi connectivity index (χ0) is 53.4. The Morgan fingerprint density at radius 3 is 1.25 bits per heavy atom. The molecule has 0 spiro atoms. The fourth-order valence-corrected chi connectivity index (χ4v) is 13.4. The largest absolute Gasteiger partial charge is 0.458 e. The number of benzene rings is 8.